The fraction of sp³-hybridized carbons (Fsp3) is 0.700. The summed E-state index contributed by atoms with van der Waals surface area (Å²) in [6, 6.07) is 4.26. The van der Waals surface area contributed by atoms with Crippen LogP contribution in [-0.2, 0) is 11.2 Å². The lowest BCUT2D eigenvalue weighted by Crippen LogP contribution is -2.57. The van der Waals surface area contributed by atoms with E-state index >= 15 is 0 Å². The second-order valence-corrected chi connectivity index (χ2v) is 8.33. The van der Waals surface area contributed by atoms with Crippen LogP contribution in [-0.4, -0.2) is 85.0 Å². The Kier molecular flexibility index (Phi) is 10.0. The topological polar surface area (TPSA) is 51.2 Å². The van der Waals surface area contributed by atoms with Gasteiger partial charge in [-0.05, 0) is 38.1 Å². The van der Waals surface area contributed by atoms with Crippen molar-refractivity contribution in [2.75, 3.05) is 52.4 Å². The van der Waals surface area contributed by atoms with Gasteiger partial charge in [0, 0.05) is 63.7 Å². The van der Waals surface area contributed by atoms with E-state index < -0.39 is 0 Å². The molecule has 0 aromatic carbocycles. The Balaban J connectivity index is 0.00000280. The summed E-state index contributed by atoms with van der Waals surface area (Å²) in [6.45, 7) is 11.4. The Labute approximate surface area is 190 Å². The number of amides is 1. The van der Waals surface area contributed by atoms with Gasteiger partial charge in [0.15, 0.2) is 5.96 Å². The van der Waals surface area contributed by atoms with Crippen LogP contribution in [0.2, 0.25) is 0 Å². The van der Waals surface area contributed by atoms with E-state index in [4.69, 9.17) is 4.99 Å². The predicted molar refractivity (Wildman–Crippen MR) is 128 cm³/mol. The third kappa shape index (κ3) is 6.32. The second-order valence-electron chi connectivity index (χ2n) is 7.30. The highest BCUT2D eigenvalue weighted by atomic mass is 127. The molecule has 2 saturated heterocycles. The van der Waals surface area contributed by atoms with Gasteiger partial charge >= 0.3 is 0 Å². The molecule has 0 aliphatic carbocycles. The average Bonchev–Trinajstić information content (AvgIpc) is 3.40. The van der Waals surface area contributed by atoms with Gasteiger partial charge in [0.25, 0.3) is 0 Å². The van der Waals surface area contributed by atoms with Crippen molar-refractivity contribution >= 4 is 47.2 Å². The molecular formula is C20H34IN5OS. The molecule has 3 rings (SSSR count). The number of halogens is 1. The van der Waals surface area contributed by atoms with Crippen LogP contribution in [0.3, 0.4) is 0 Å². The second kappa shape index (κ2) is 12.0. The van der Waals surface area contributed by atoms with E-state index in [0.29, 0.717) is 5.91 Å². The molecule has 1 N–H and O–H groups in total. The van der Waals surface area contributed by atoms with Gasteiger partial charge in [-0.1, -0.05) is 6.07 Å². The first kappa shape index (κ1) is 23.4. The summed E-state index contributed by atoms with van der Waals surface area (Å²) in [4.78, 5) is 25.6. The quantitative estimate of drug-likeness (QED) is 0.357. The number of thiophene rings is 1. The molecule has 0 saturated carbocycles. The predicted octanol–water partition coefficient (Wildman–Crippen LogP) is 2.50. The van der Waals surface area contributed by atoms with Crippen molar-refractivity contribution in [2.45, 2.75) is 39.2 Å². The number of piperazine rings is 1. The molecule has 8 heteroatoms. The van der Waals surface area contributed by atoms with Gasteiger partial charge in [-0.3, -0.25) is 14.7 Å². The van der Waals surface area contributed by atoms with Crippen molar-refractivity contribution in [3.8, 4) is 0 Å². The number of rotatable bonds is 6. The van der Waals surface area contributed by atoms with Crippen molar-refractivity contribution in [1.29, 1.82) is 0 Å². The Morgan fingerprint density at radius 2 is 1.89 bits per heavy atom. The Morgan fingerprint density at radius 3 is 2.50 bits per heavy atom. The fourth-order valence-electron chi connectivity index (χ4n) is 3.83. The molecule has 1 aromatic rings. The molecule has 2 aliphatic rings. The van der Waals surface area contributed by atoms with Gasteiger partial charge in [0.05, 0.1) is 6.04 Å². The first-order chi connectivity index (χ1) is 13.2. The molecule has 1 atom stereocenters. The van der Waals surface area contributed by atoms with Crippen LogP contribution in [0.25, 0.3) is 0 Å². The normalized spacial score (nSPS) is 19.4. The van der Waals surface area contributed by atoms with Crippen LogP contribution in [0.4, 0.5) is 0 Å². The maximum atomic E-state index is 12.7. The number of carbonyl (C=O) groups excluding carboxylic acids is 1. The molecule has 6 nitrogen and oxygen atoms in total. The van der Waals surface area contributed by atoms with Gasteiger partial charge in [-0.25, -0.2) is 0 Å². The summed E-state index contributed by atoms with van der Waals surface area (Å²) in [5.41, 5.74) is 0. The number of nitrogens with one attached hydrogen (secondary N) is 1. The Bertz CT molecular complexity index is 610. The zero-order chi connectivity index (χ0) is 19.1. The van der Waals surface area contributed by atoms with Crippen LogP contribution < -0.4 is 5.32 Å². The third-order valence-corrected chi connectivity index (χ3v) is 6.41. The summed E-state index contributed by atoms with van der Waals surface area (Å²) in [5.74, 6) is 1.31. The highest BCUT2D eigenvalue weighted by Crippen LogP contribution is 2.14. The third-order valence-electron chi connectivity index (χ3n) is 5.47. The van der Waals surface area contributed by atoms with Gasteiger partial charge in [0.1, 0.15) is 0 Å². The summed E-state index contributed by atoms with van der Waals surface area (Å²) < 4.78 is 0. The molecule has 0 bridgehead atoms. The molecule has 1 aromatic heterocycles. The number of aliphatic imine (C=N–C) groups is 1. The summed E-state index contributed by atoms with van der Waals surface area (Å²) in [5, 5.41) is 5.55. The molecular weight excluding hydrogens is 485 g/mol. The first-order valence-corrected chi connectivity index (χ1v) is 11.2. The van der Waals surface area contributed by atoms with Crippen LogP contribution in [0, 0.1) is 0 Å². The molecule has 158 valence electrons. The summed E-state index contributed by atoms with van der Waals surface area (Å²) in [6.07, 6.45) is 3.30. The van der Waals surface area contributed by atoms with Crippen LogP contribution in [0.5, 0.6) is 0 Å². The van der Waals surface area contributed by atoms with E-state index in [-0.39, 0.29) is 30.0 Å². The van der Waals surface area contributed by atoms with Gasteiger partial charge in [-0.2, -0.15) is 0 Å². The lowest BCUT2D eigenvalue weighted by atomic mass is 10.2. The minimum Gasteiger partial charge on any atom is -0.357 e. The van der Waals surface area contributed by atoms with Crippen molar-refractivity contribution in [1.82, 2.24) is 20.0 Å². The van der Waals surface area contributed by atoms with Gasteiger partial charge in [-0.15, -0.1) is 35.3 Å². The van der Waals surface area contributed by atoms with Crippen LogP contribution in [0.1, 0.15) is 31.6 Å². The van der Waals surface area contributed by atoms with Gasteiger partial charge < -0.3 is 15.1 Å². The molecule has 0 spiro atoms. The average molecular weight is 519 g/mol. The molecule has 3 heterocycles. The SMILES string of the molecule is CCNC(=NCCc1cccs1)N1CCN(C(C)C(=O)N2CCCC2)CC1.I. The lowest BCUT2D eigenvalue weighted by molar-refractivity contribution is -0.135. The Hall–Kier alpha value is -0.870. The number of guanidine groups is 1. The molecule has 2 aliphatic heterocycles. The number of hydrogen-bond acceptors (Lipinski definition) is 4. The van der Waals surface area contributed by atoms with E-state index in [1.165, 1.54) is 4.88 Å². The highest BCUT2D eigenvalue weighted by molar-refractivity contribution is 14.0. The summed E-state index contributed by atoms with van der Waals surface area (Å²) >= 11 is 1.79. The summed E-state index contributed by atoms with van der Waals surface area (Å²) in [7, 11) is 0. The highest BCUT2D eigenvalue weighted by Gasteiger charge is 2.30. The standard InChI is InChI=1S/C20H33N5OS.HI/c1-3-21-20(22-9-8-18-7-6-16-27-18)25-14-12-23(13-15-25)17(2)19(26)24-10-4-5-11-24;/h6-7,16-17H,3-5,8-15H2,1-2H3,(H,21,22);1H. The Morgan fingerprint density at radius 1 is 1.18 bits per heavy atom. The van der Waals surface area contributed by atoms with E-state index in [1.54, 1.807) is 11.3 Å². The number of hydrogen-bond donors (Lipinski definition) is 1. The first-order valence-electron chi connectivity index (χ1n) is 10.3. The number of nitrogens with zero attached hydrogens (tertiary/aromatic N) is 4. The minimum absolute atomic E-state index is 0. The van der Waals surface area contributed by atoms with Gasteiger partial charge in [0.2, 0.25) is 5.91 Å². The van der Waals surface area contributed by atoms with E-state index in [2.05, 4.69) is 46.5 Å². The van der Waals surface area contributed by atoms with Crippen molar-refractivity contribution < 1.29 is 4.79 Å². The fourth-order valence-corrected chi connectivity index (χ4v) is 4.53. The number of likely N-dealkylation sites (tertiary alicyclic amines) is 1. The van der Waals surface area contributed by atoms with Crippen molar-refractivity contribution in [3.05, 3.63) is 22.4 Å². The lowest BCUT2D eigenvalue weighted by Gasteiger charge is -2.39. The maximum Gasteiger partial charge on any atom is 0.239 e. The smallest absolute Gasteiger partial charge is 0.239 e. The molecule has 28 heavy (non-hydrogen) atoms. The molecule has 1 amide bonds. The zero-order valence-corrected chi connectivity index (χ0v) is 20.2. The minimum atomic E-state index is -0.0106. The monoisotopic (exact) mass is 519 g/mol. The largest absolute Gasteiger partial charge is 0.357 e. The molecule has 0 radical (unpaired) electrons. The number of carbonyl (C=O) groups is 1. The van der Waals surface area contributed by atoms with E-state index in [9.17, 15) is 4.79 Å². The molecule has 2 fully saturated rings. The maximum absolute atomic E-state index is 12.7. The van der Waals surface area contributed by atoms with Crippen LogP contribution >= 0.6 is 35.3 Å². The van der Waals surface area contributed by atoms with Crippen LogP contribution in [0.15, 0.2) is 22.5 Å². The van der Waals surface area contributed by atoms with Crippen molar-refractivity contribution in [3.63, 3.8) is 0 Å². The zero-order valence-electron chi connectivity index (χ0n) is 17.1. The molecule has 1 unspecified atom stereocenters. The van der Waals surface area contributed by atoms with E-state index in [0.717, 1.165) is 77.6 Å². The van der Waals surface area contributed by atoms with E-state index in [1.807, 2.05) is 4.90 Å². The van der Waals surface area contributed by atoms with Crippen molar-refractivity contribution in [2.24, 2.45) is 4.99 Å².